The van der Waals surface area contributed by atoms with Crippen LogP contribution in [0.2, 0.25) is 0 Å². The van der Waals surface area contributed by atoms with Gasteiger partial charge in [0.25, 0.3) is 5.56 Å². The van der Waals surface area contributed by atoms with Crippen molar-refractivity contribution in [2.45, 2.75) is 19.4 Å². The van der Waals surface area contributed by atoms with Crippen LogP contribution >= 0.6 is 12.2 Å². The Balaban J connectivity index is 2.50. The van der Waals surface area contributed by atoms with Crippen LogP contribution in [0.1, 0.15) is 12.8 Å². The van der Waals surface area contributed by atoms with Gasteiger partial charge in [0, 0.05) is 18.8 Å². The highest BCUT2D eigenvalue weighted by molar-refractivity contribution is 7.80. The normalized spacial score (nSPS) is 9.85. The Hall–Kier alpha value is -1.23. The number of aryl methyl sites for hydroxylation is 1. The molecule has 2 N–H and O–H groups in total. The summed E-state index contributed by atoms with van der Waals surface area (Å²) < 4.78 is 1.54. The lowest BCUT2D eigenvalue weighted by atomic mass is 10.3. The van der Waals surface area contributed by atoms with Gasteiger partial charge >= 0.3 is 0 Å². The largest absolute Gasteiger partial charge is 0.393 e. The molecule has 0 aliphatic heterocycles. The second-order valence-corrected chi connectivity index (χ2v) is 3.21. The van der Waals surface area contributed by atoms with Crippen LogP contribution in [0.5, 0.6) is 0 Å². The highest BCUT2D eigenvalue weighted by atomic mass is 32.1. The zero-order valence-corrected chi connectivity index (χ0v) is 7.96. The van der Waals surface area contributed by atoms with E-state index in [0.29, 0.717) is 18.0 Å². The van der Waals surface area contributed by atoms with Crippen molar-refractivity contribution in [3.8, 4) is 0 Å². The van der Waals surface area contributed by atoms with Gasteiger partial charge in [-0.1, -0.05) is 12.2 Å². The molecule has 5 heteroatoms. The molecule has 0 aliphatic carbocycles. The fourth-order valence-electron chi connectivity index (χ4n) is 0.970. The van der Waals surface area contributed by atoms with E-state index in [1.165, 1.54) is 23.2 Å². The van der Waals surface area contributed by atoms with Crippen LogP contribution < -0.4 is 11.3 Å². The summed E-state index contributed by atoms with van der Waals surface area (Å²) in [5.41, 5.74) is 5.28. The van der Waals surface area contributed by atoms with Gasteiger partial charge in [-0.25, -0.2) is 4.98 Å². The molecule has 0 saturated carbocycles. The van der Waals surface area contributed by atoms with E-state index in [2.05, 4.69) is 4.98 Å². The topological polar surface area (TPSA) is 60.9 Å². The average molecular weight is 197 g/mol. The minimum absolute atomic E-state index is 0.0436. The van der Waals surface area contributed by atoms with Gasteiger partial charge in [0.15, 0.2) is 0 Å². The molecular formula is C8H11N3OS. The number of hydrogen-bond acceptors (Lipinski definition) is 3. The van der Waals surface area contributed by atoms with Gasteiger partial charge in [-0.05, 0) is 12.8 Å². The summed E-state index contributed by atoms with van der Waals surface area (Å²) in [4.78, 5) is 15.5. The highest BCUT2D eigenvalue weighted by Crippen LogP contribution is 1.91. The van der Waals surface area contributed by atoms with Crippen LogP contribution in [0.3, 0.4) is 0 Å². The van der Waals surface area contributed by atoms with Crippen molar-refractivity contribution >= 4 is 17.2 Å². The number of thiocarbonyl (C=S) groups is 1. The van der Waals surface area contributed by atoms with Crippen LogP contribution in [0, 0.1) is 0 Å². The molecule has 13 heavy (non-hydrogen) atoms. The lowest BCUT2D eigenvalue weighted by Crippen LogP contribution is -2.19. The summed E-state index contributed by atoms with van der Waals surface area (Å²) in [5, 5.41) is 0. The quantitative estimate of drug-likeness (QED) is 0.706. The number of aromatic nitrogens is 2. The summed E-state index contributed by atoms with van der Waals surface area (Å²) >= 11 is 4.72. The molecule has 0 spiro atoms. The van der Waals surface area contributed by atoms with E-state index in [-0.39, 0.29) is 5.56 Å². The molecule has 0 unspecified atom stereocenters. The average Bonchev–Trinajstić information content (AvgIpc) is 2.08. The Kier molecular flexibility index (Phi) is 3.57. The van der Waals surface area contributed by atoms with Crippen LogP contribution in [0.25, 0.3) is 0 Å². The second-order valence-electron chi connectivity index (χ2n) is 2.68. The molecule has 70 valence electrons. The monoisotopic (exact) mass is 197 g/mol. The molecule has 0 aliphatic rings. The first kappa shape index (κ1) is 9.85. The fourth-order valence-corrected chi connectivity index (χ4v) is 1.11. The third-order valence-electron chi connectivity index (χ3n) is 1.61. The summed E-state index contributed by atoms with van der Waals surface area (Å²) in [5.74, 6) is 0. The van der Waals surface area contributed by atoms with Gasteiger partial charge in [-0.15, -0.1) is 0 Å². The first-order valence-corrected chi connectivity index (χ1v) is 4.40. The molecule has 1 aromatic heterocycles. The zero-order chi connectivity index (χ0) is 9.68. The van der Waals surface area contributed by atoms with Crippen molar-refractivity contribution in [2.24, 2.45) is 5.73 Å². The zero-order valence-electron chi connectivity index (χ0n) is 7.14. The molecule has 0 amide bonds. The predicted octanol–water partition coefficient (Wildman–Crippen LogP) is 0.310. The molecule has 0 bridgehead atoms. The van der Waals surface area contributed by atoms with E-state index >= 15 is 0 Å². The van der Waals surface area contributed by atoms with E-state index in [9.17, 15) is 4.79 Å². The van der Waals surface area contributed by atoms with Crippen molar-refractivity contribution in [2.75, 3.05) is 0 Å². The number of hydrogen-bond donors (Lipinski definition) is 1. The summed E-state index contributed by atoms with van der Waals surface area (Å²) in [7, 11) is 0. The van der Waals surface area contributed by atoms with Gasteiger partial charge in [0.2, 0.25) is 0 Å². The van der Waals surface area contributed by atoms with Gasteiger partial charge in [0.1, 0.15) is 0 Å². The third-order valence-corrected chi connectivity index (χ3v) is 1.82. The lowest BCUT2D eigenvalue weighted by Gasteiger charge is -2.02. The first-order chi connectivity index (χ1) is 6.20. The number of nitrogens with two attached hydrogens (primary N) is 1. The van der Waals surface area contributed by atoms with Gasteiger partial charge in [-0.2, -0.15) is 0 Å². The third kappa shape index (κ3) is 3.33. The maximum Gasteiger partial charge on any atom is 0.253 e. The molecular weight excluding hydrogens is 186 g/mol. The number of nitrogens with zero attached hydrogens (tertiary/aromatic N) is 2. The molecule has 0 radical (unpaired) electrons. The van der Waals surface area contributed by atoms with Gasteiger partial charge in [0.05, 0.1) is 11.3 Å². The van der Waals surface area contributed by atoms with Crippen molar-refractivity contribution < 1.29 is 0 Å². The Bertz CT molecular complexity index is 347. The van der Waals surface area contributed by atoms with E-state index in [4.69, 9.17) is 18.0 Å². The second kappa shape index (κ2) is 4.71. The Morgan fingerprint density at radius 1 is 1.69 bits per heavy atom. The van der Waals surface area contributed by atoms with Crippen molar-refractivity contribution in [3.63, 3.8) is 0 Å². The maximum absolute atomic E-state index is 11.2. The van der Waals surface area contributed by atoms with Crippen molar-refractivity contribution in [1.29, 1.82) is 0 Å². The predicted molar refractivity (Wildman–Crippen MR) is 54.5 cm³/mol. The minimum atomic E-state index is -0.0436. The van der Waals surface area contributed by atoms with Crippen LogP contribution in [-0.2, 0) is 6.54 Å². The van der Waals surface area contributed by atoms with Crippen LogP contribution in [0.4, 0.5) is 0 Å². The molecule has 1 aromatic rings. The molecule has 0 saturated heterocycles. The molecule has 1 heterocycles. The Morgan fingerprint density at radius 2 is 2.46 bits per heavy atom. The van der Waals surface area contributed by atoms with Crippen molar-refractivity contribution in [3.05, 3.63) is 28.9 Å². The van der Waals surface area contributed by atoms with E-state index < -0.39 is 0 Å². The fraction of sp³-hybridized carbons (Fsp3) is 0.375. The Morgan fingerprint density at radius 3 is 3.08 bits per heavy atom. The van der Waals surface area contributed by atoms with Gasteiger partial charge < -0.3 is 5.73 Å². The molecule has 0 atom stereocenters. The standard InChI is InChI=1S/C8H11N3OS/c9-7(13)2-1-5-11-6-10-4-3-8(11)12/h3-4,6H,1-2,5H2,(H2,9,13). The first-order valence-electron chi connectivity index (χ1n) is 3.99. The molecule has 0 fully saturated rings. The van der Waals surface area contributed by atoms with Gasteiger partial charge in [-0.3, -0.25) is 9.36 Å². The SMILES string of the molecule is NC(=S)CCCn1cnccc1=O. The summed E-state index contributed by atoms with van der Waals surface area (Å²) in [6.45, 7) is 0.615. The summed E-state index contributed by atoms with van der Waals surface area (Å²) in [6, 6.07) is 1.43. The van der Waals surface area contributed by atoms with Crippen LogP contribution in [-0.4, -0.2) is 14.5 Å². The van der Waals surface area contributed by atoms with E-state index in [0.717, 1.165) is 6.42 Å². The van der Waals surface area contributed by atoms with E-state index in [1.54, 1.807) is 0 Å². The van der Waals surface area contributed by atoms with E-state index in [1.807, 2.05) is 0 Å². The van der Waals surface area contributed by atoms with Crippen molar-refractivity contribution in [1.82, 2.24) is 9.55 Å². The summed E-state index contributed by atoms with van der Waals surface area (Å²) in [6.07, 6.45) is 4.44. The van der Waals surface area contributed by atoms with Crippen LogP contribution in [0.15, 0.2) is 23.4 Å². The highest BCUT2D eigenvalue weighted by Gasteiger charge is 1.95. The minimum Gasteiger partial charge on any atom is -0.393 e. The number of rotatable bonds is 4. The molecule has 0 aromatic carbocycles. The maximum atomic E-state index is 11.2. The molecule has 4 nitrogen and oxygen atoms in total. The molecule has 1 rings (SSSR count). The smallest absolute Gasteiger partial charge is 0.253 e. The Labute approximate surface area is 81.4 Å². The lowest BCUT2D eigenvalue weighted by molar-refractivity contribution is 0.625.